The van der Waals surface area contributed by atoms with E-state index in [1.807, 2.05) is 35.6 Å². The lowest BCUT2D eigenvalue weighted by atomic mass is 9.96. The molecule has 4 rings (SSSR count). The van der Waals surface area contributed by atoms with Crippen LogP contribution in [0.3, 0.4) is 0 Å². The highest BCUT2D eigenvalue weighted by Gasteiger charge is 2.28. The Balaban J connectivity index is 1.43. The Morgan fingerprint density at radius 3 is 3.08 bits per heavy atom. The van der Waals surface area contributed by atoms with Gasteiger partial charge in [-0.15, -0.1) is 0 Å². The Bertz CT molecular complexity index is 784. The van der Waals surface area contributed by atoms with E-state index >= 15 is 0 Å². The van der Waals surface area contributed by atoms with Gasteiger partial charge in [-0.25, -0.2) is 9.97 Å². The fraction of sp³-hybridized carbons (Fsp3) is 0.450. The first-order valence-corrected chi connectivity index (χ1v) is 9.30. The topological polar surface area (TPSA) is 60.2 Å². The van der Waals surface area contributed by atoms with Gasteiger partial charge in [0.2, 0.25) is 11.8 Å². The predicted octanol–water partition coefficient (Wildman–Crippen LogP) is 3.13. The van der Waals surface area contributed by atoms with E-state index in [4.69, 9.17) is 4.74 Å². The van der Waals surface area contributed by atoms with Crippen molar-refractivity contribution >= 4 is 5.91 Å². The van der Waals surface area contributed by atoms with Crippen LogP contribution in [-0.4, -0.2) is 38.5 Å². The SMILES string of the molecule is O=C(CC1=CCCCC1)N1Cc2cncn2C(COc2ccccn2)C1. The molecule has 26 heavy (non-hydrogen) atoms. The molecule has 1 unspecified atom stereocenters. The number of pyridine rings is 1. The van der Waals surface area contributed by atoms with Gasteiger partial charge in [0.25, 0.3) is 0 Å². The van der Waals surface area contributed by atoms with Crippen molar-refractivity contribution in [2.75, 3.05) is 13.2 Å². The van der Waals surface area contributed by atoms with Crippen molar-refractivity contribution in [3.63, 3.8) is 0 Å². The summed E-state index contributed by atoms with van der Waals surface area (Å²) >= 11 is 0. The number of amides is 1. The van der Waals surface area contributed by atoms with Crippen LogP contribution < -0.4 is 4.74 Å². The van der Waals surface area contributed by atoms with Crippen molar-refractivity contribution in [1.29, 1.82) is 0 Å². The highest BCUT2D eigenvalue weighted by Crippen LogP contribution is 2.25. The van der Waals surface area contributed by atoms with E-state index in [1.165, 1.54) is 18.4 Å². The van der Waals surface area contributed by atoms with E-state index in [9.17, 15) is 4.79 Å². The fourth-order valence-corrected chi connectivity index (χ4v) is 3.69. The van der Waals surface area contributed by atoms with Crippen molar-refractivity contribution in [2.45, 2.75) is 44.7 Å². The minimum Gasteiger partial charge on any atom is -0.475 e. The van der Waals surface area contributed by atoms with Crippen LogP contribution in [0.4, 0.5) is 0 Å². The fourth-order valence-electron chi connectivity index (χ4n) is 3.69. The number of hydrogen-bond donors (Lipinski definition) is 0. The Morgan fingerprint density at radius 1 is 1.31 bits per heavy atom. The van der Waals surface area contributed by atoms with Gasteiger partial charge in [-0.3, -0.25) is 4.79 Å². The van der Waals surface area contributed by atoms with Crippen molar-refractivity contribution < 1.29 is 9.53 Å². The maximum Gasteiger partial charge on any atom is 0.227 e. The lowest BCUT2D eigenvalue weighted by Gasteiger charge is -2.34. The third kappa shape index (κ3) is 3.79. The number of nitrogens with zero attached hydrogens (tertiary/aromatic N) is 4. The number of carbonyl (C=O) groups is 1. The molecular formula is C20H24N4O2. The van der Waals surface area contributed by atoms with Gasteiger partial charge >= 0.3 is 0 Å². The Kier molecular flexibility index (Phi) is 5.00. The molecule has 6 nitrogen and oxygen atoms in total. The Labute approximate surface area is 153 Å². The summed E-state index contributed by atoms with van der Waals surface area (Å²) in [6.07, 6.45) is 12.8. The summed E-state index contributed by atoms with van der Waals surface area (Å²) in [6.45, 7) is 1.72. The zero-order valence-electron chi connectivity index (χ0n) is 14.9. The molecule has 0 fully saturated rings. The predicted molar refractivity (Wildman–Crippen MR) is 97.6 cm³/mol. The highest BCUT2D eigenvalue weighted by molar-refractivity contribution is 5.79. The molecule has 0 bridgehead atoms. The molecule has 1 amide bonds. The number of aromatic nitrogens is 3. The van der Waals surface area contributed by atoms with Gasteiger partial charge in [-0.1, -0.05) is 17.7 Å². The van der Waals surface area contributed by atoms with Gasteiger partial charge < -0.3 is 14.2 Å². The largest absolute Gasteiger partial charge is 0.475 e. The van der Waals surface area contributed by atoms with Crippen LogP contribution in [0.25, 0.3) is 0 Å². The molecule has 3 heterocycles. The van der Waals surface area contributed by atoms with Crippen LogP contribution in [0.2, 0.25) is 0 Å². The molecule has 2 aromatic heterocycles. The smallest absolute Gasteiger partial charge is 0.227 e. The molecule has 6 heteroatoms. The van der Waals surface area contributed by atoms with Crippen LogP contribution >= 0.6 is 0 Å². The number of imidazole rings is 1. The van der Waals surface area contributed by atoms with Crippen molar-refractivity contribution in [3.05, 3.63) is 54.3 Å². The van der Waals surface area contributed by atoms with Crippen LogP contribution in [0, 0.1) is 0 Å². The molecule has 1 aliphatic carbocycles. The second kappa shape index (κ2) is 7.72. The zero-order chi connectivity index (χ0) is 17.8. The van der Waals surface area contributed by atoms with Crippen LogP contribution in [-0.2, 0) is 11.3 Å². The van der Waals surface area contributed by atoms with Gasteiger partial charge in [-0.05, 0) is 31.7 Å². The van der Waals surface area contributed by atoms with Gasteiger partial charge in [0.1, 0.15) is 6.61 Å². The molecule has 1 aliphatic heterocycles. The summed E-state index contributed by atoms with van der Waals surface area (Å²) in [6, 6.07) is 5.66. The van der Waals surface area contributed by atoms with Crippen LogP contribution in [0.15, 0.2) is 48.6 Å². The van der Waals surface area contributed by atoms with E-state index in [1.54, 1.807) is 6.20 Å². The van der Waals surface area contributed by atoms with Crippen LogP contribution in [0.1, 0.15) is 43.8 Å². The molecule has 136 valence electrons. The number of hydrogen-bond acceptors (Lipinski definition) is 4. The lowest BCUT2D eigenvalue weighted by molar-refractivity contribution is -0.132. The van der Waals surface area contributed by atoms with Crippen molar-refractivity contribution in [1.82, 2.24) is 19.4 Å². The first-order valence-electron chi connectivity index (χ1n) is 9.30. The van der Waals surface area contributed by atoms with Gasteiger partial charge in [-0.2, -0.15) is 0 Å². The first-order chi connectivity index (χ1) is 12.8. The highest BCUT2D eigenvalue weighted by atomic mass is 16.5. The van der Waals surface area contributed by atoms with Gasteiger partial charge in [0.05, 0.1) is 24.6 Å². The Morgan fingerprint density at radius 2 is 2.27 bits per heavy atom. The molecular weight excluding hydrogens is 328 g/mol. The molecule has 0 aromatic carbocycles. The summed E-state index contributed by atoms with van der Waals surface area (Å²) in [5, 5.41) is 0. The molecule has 2 aliphatic rings. The maximum absolute atomic E-state index is 12.8. The molecule has 2 aromatic rings. The Hall–Kier alpha value is -2.63. The van der Waals surface area contributed by atoms with Crippen molar-refractivity contribution in [2.24, 2.45) is 0 Å². The van der Waals surface area contributed by atoms with Gasteiger partial charge in [0.15, 0.2) is 0 Å². The second-order valence-electron chi connectivity index (χ2n) is 6.98. The quantitative estimate of drug-likeness (QED) is 0.776. The molecule has 0 saturated carbocycles. The zero-order valence-corrected chi connectivity index (χ0v) is 14.9. The average molecular weight is 352 g/mol. The van der Waals surface area contributed by atoms with Crippen molar-refractivity contribution in [3.8, 4) is 5.88 Å². The van der Waals surface area contributed by atoms with Gasteiger partial charge in [0, 0.05) is 31.4 Å². The molecule has 0 N–H and O–H groups in total. The second-order valence-corrected chi connectivity index (χ2v) is 6.98. The number of rotatable bonds is 5. The number of fused-ring (bicyclic) bond motifs is 1. The molecule has 0 spiro atoms. The average Bonchev–Trinajstić information content (AvgIpc) is 3.16. The minimum absolute atomic E-state index is 0.0486. The number of ether oxygens (including phenoxy) is 1. The van der Waals surface area contributed by atoms with E-state index in [-0.39, 0.29) is 11.9 Å². The number of allylic oxidation sites excluding steroid dienone is 1. The molecule has 1 atom stereocenters. The summed E-state index contributed by atoms with van der Waals surface area (Å²) < 4.78 is 7.96. The third-order valence-electron chi connectivity index (χ3n) is 5.10. The number of carbonyl (C=O) groups excluding carboxylic acids is 1. The molecule has 0 saturated heterocycles. The maximum atomic E-state index is 12.8. The van der Waals surface area contributed by atoms with Crippen LogP contribution in [0.5, 0.6) is 5.88 Å². The minimum atomic E-state index is 0.0486. The van der Waals surface area contributed by atoms with E-state index in [2.05, 4.69) is 20.6 Å². The molecule has 0 radical (unpaired) electrons. The van der Waals surface area contributed by atoms with E-state index < -0.39 is 0 Å². The summed E-state index contributed by atoms with van der Waals surface area (Å²) in [4.78, 5) is 23.2. The monoisotopic (exact) mass is 352 g/mol. The third-order valence-corrected chi connectivity index (χ3v) is 5.10. The summed E-state index contributed by atoms with van der Waals surface area (Å²) in [5.41, 5.74) is 2.35. The summed E-state index contributed by atoms with van der Waals surface area (Å²) in [7, 11) is 0. The normalized spacial score (nSPS) is 19.6. The standard InChI is InChI=1S/C20H24N4O2/c25-20(10-16-6-2-1-3-7-16)23-12-17-11-21-15-24(17)18(13-23)14-26-19-8-4-5-9-22-19/h4-6,8-9,11,15,18H,1-3,7,10,12-14H2. The van der Waals surface area contributed by atoms with E-state index in [0.717, 1.165) is 18.5 Å². The first kappa shape index (κ1) is 16.8. The summed E-state index contributed by atoms with van der Waals surface area (Å²) in [5.74, 6) is 0.804. The van der Waals surface area contributed by atoms with E-state index in [0.29, 0.717) is 32.0 Å². The lowest BCUT2D eigenvalue weighted by Crippen LogP contribution is -2.42.